The molecule has 96 valence electrons. The lowest BCUT2D eigenvalue weighted by atomic mass is 10.1. The Morgan fingerprint density at radius 3 is 2.71 bits per heavy atom. The third kappa shape index (κ3) is 2.20. The van der Waals surface area contributed by atoms with Crippen molar-refractivity contribution < 1.29 is 14.3 Å². The standard InChI is InChI=1S/C13H21NO3/c1-2-16-11(15)12(3-4-12)9-14-7-8-17-13(10-14)5-6-13/h2-10H2,1H3. The van der Waals surface area contributed by atoms with Gasteiger partial charge in [-0.15, -0.1) is 0 Å². The predicted octanol–water partition coefficient (Wildman–Crippen LogP) is 1.19. The maximum Gasteiger partial charge on any atom is 0.313 e. The van der Waals surface area contributed by atoms with Gasteiger partial charge in [0.2, 0.25) is 0 Å². The van der Waals surface area contributed by atoms with Crippen molar-refractivity contribution in [1.29, 1.82) is 0 Å². The summed E-state index contributed by atoms with van der Waals surface area (Å²) in [5.74, 6) is 0.0105. The lowest BCUT2D eigenvalue weighted by Gasteiger charge is -2.35. The average molecular weight is 239 g/mol. The van der Waals surface area contributed by atoms with Crippen LogP contribution in [0.5, 0.6) is 0 Å². The molecule has 0 aromatic heterocycles. The predicted molar refractivity (Wildman–Crippen MR) is 62.7 cm³/mol. The minimum Gasteiger partial charge on any atom is -0.466 e. The van der Waals surface area contributed by atoms with Gasteiger partial charge in [0.1, 0.15) is 0 Å². The molecule has 2 aliphatic carbocycles. The van der Waals surface area contributed by atoms with Gasteiger partial charge in [-0.1, -0.05) is 0 Å². The summed E-state index contributed by atoms with van der Waals surface area (Å²) in [6.07, 6.45) is 4.37. The number of hydrogen-bond acceptors (Lipinski definition) is 4. The molecule has 3 rings (SSSR count). The molecule has 0 atom stereocenters. The quantitative estimate of drug-likeness (QED) is 0.691. The van der Waals surface area contributed by atoms with Crippen molar-refractivity contribution in [3.05, 3.63) is 0 Å². The van der Waals surface area contributed by atoms with Crippen molar-refractivity contribution in [3.63, 3.8) is 0 Å². The Hall–Kier alpha value is -0.610. The van der Waals surface area contributed by atoms with Crippen molar-refractivity contribution in [3.8, 4) is 0 Å². The minimum atomic E-state index is -0.177. The van der Waals surface area contributed by atoms with Crippen LogP contribution in [0.1, 0.15) is 32.6 Å². The van der Waals surface area contributed by atoms with Crippen molar-refractivity contribution in [2.75, 3.05) is 32.8 Å². The Kier molecular flexibility index (Phi) is 2.67. The summed E-state index contributed by atoms with van der Waals surface area (Å²) in [4.78, 5) is 14.3. The van der Waals surface area contributed by atoms with Crippen molar-refractivity contribution in [2.24, 2.45) is 5.41 Å². The van der Waals surface area contributed by atoms with E-state index in [1.54, 1.807) is 0 Å². The lowest BCUT2D eigenvalue weighted by Crippen LogP contribution is -2.47. The van der Waals surface area contributed by atoms with Crippen LogP contribution in [0.2, 0.25) is 0 Å². The van der Waals surface area contributed by atoms with Gasteiger partial charge in [0, 0.05) is 19.6 Å². The highest BCUT2D eigenvalue weighted by molar-refractivity contribution is 5.80. The van der Waals surface area contributed by atoms with E-state index in [2.05, 4.69) is 4.90 Å². The van der Waals surface area contributed by atoms with E-state index in [-0.39, 0.29) is 17.0 Å². The molecule has 0 amide bonds. The topological polar surface area (TPSA) is 38.8 Å². The molecule has 0 aromatic rings. The van der Waals surface area contributed by atoms with Gasteiger partial charge in [0.15, 0.2) is 0 Å². The number of hydrogen-bond donors (Lipinski definition) is 0. The fourth-order valence-electron chi connectivity index (χ4n) is 2.79. The van der Waals surface area contributed by atoms with Crippen LogP contribution in [0.15, 0.2) is 0 Å². The number of carbonyl (C=O) groups excluding carboxylic acids is 1. The van der Waals surface area contributed by atoms with Gasteiger partial charge in [0.25, 0.3) is 0 Å². The molecule has 1 heterocycles. The molecule has 2 saturated carbocycles. The minimum absolute atomic E-state index is 0.0105. The number of ether oxygens (including phenoxy) is 2. The van der Waals surface area contributed by atoms with Crippen molar-refractivity contribution >= 4 is 5.97 Å². The van der Waals surface area contributed by atoms with Crippen LogP contribution < -0.4 is 0 Å². The van der Waals surface area contributed by atoms with E-state index in [1.165, 1.54) is 12.8 Å². The van der Waals surface area contributed by atoms with E-state index in [0.717, 1.165) is 39.1 Å². The van der Waals surface area contributed by atoms with Gasteiger partial charge in [0.05, 0.1) is 24.2 Å². The van der Waals surface area contributed by atoms with E-state index >= 15 is 0 Å². The Morgan fingerprint density at radius 1 is 1.35 bits per heavy atom. The number of morpholine rings is 1. The highest BCUT2D eigenvalue weighted by atomic mass is 16.5. The Labute approximate surface area is 102 Å². The fraction of sp³-hybridized carbons (Fsp3) is 0.923. The highest BCUT2D eigenvalue weighted by Gasteiger charge is 2.54. The zero-order valence-corrected chi connectivity index (χ0v) is 10.5. The van der Waals surface area contributed by atoms with Crippen LogP contribution in [0.25, 0.3) is 0 Å². The summed E-state index contributed by atoms with van der Waals surface area (Å²) in [6.45, 7) is 6.03. The molecule has 0 unspecified atom stereocenters. The van der Waals surface area contributed by atoms with E-state index < -0.39 is 0 Å². The van der Waals surface area contributed by atoms with E-state index in [4.69, 9.17) is 9.47 Å². The van der Waals surface area contributed by atoms with Gasteiger partial charge in [-0.25, -0.2) is 0 Å². The lowest BCUT2D eigenvalue weighted by molar-refractivity contribution is -0.151. The first-order valence-electron chi connectivity index (χ1n) is 6.72. The maximum atomic E-state index is 11.9. The molecule has 1 aliphatic heterocycles. The number of esters is 1. The van der Waals surface area contributed by atoms with Crippen LogP contribution in [0, 0.1) is 5.41 Å². The second-order valence-electron chi connectivity index (χ2n) is 5.74. The summed E-state index contributed by atoms with van der Waals surface area (Å²) in [7, 11) is 0. The van der Waals surface area contributed by atoms with Gasteiger partial charge in [-0.2, -0.15) is 0 Å². The average Bonchev–Trinajstić information content (AvgIpc) is 3.20. The molecule has 4 nitrogen and oxygen atoms in total. The van der Waals surface area contributed by atoms with Crippen LogP contribution >= 0.6 is 0 Å². The molecule has 0 radical (unpaired) electrons. The number of nitrogens with zero attached hydrogens (tertiary/aromatic N) is 1. The summed E-state index contributed by atoms with van der Waals surface area (Å²) >= 11 is 0. The Morgan fingerprint density at radius 2 is 2.12 bits per heavy atom. The van der Waals surface area contributed by atoms with Crippen LogP contribution in [0.3, 0.4) is 0 Å². The zero-order chi connectivity index (χ0) is 11.9. The molecule has 1 saturated heterocycles. The summed E-state index contributed by atoms with van der Waals surface area (Å²) in [6, 6.07) is 0. The van der Waals surface area contributed by atoms with Gasteiger partial charge in [-0.3, -0.25) is 9.69 Å². The summed E-state index contributed by atoms with van der Waals surface area (Å²) in [5.41, 5.74) is -0.0214. The van der Waals surface area contributed by atoms with Gasteiger partial charge >= 0.3 is 5.97 Å². The molecule has 17 heavy (non-hydrogen) atoms. The molecule has 0 N–H and O–H groups in total. The molecular formula is C13H21NO3. The van der Waals surface area contributed by atoms with Crippen molar-refractivity contribution in [1.82, 2.24) is 4.90 Å². The third-order valence-electron chi connectivity index (χ3n) is 4.22. The highest BCUT2D eigenvalue weighted by Crippen LogP contribution is 2.49. The Balaban J connectivity index is 1.57. The van der Waals surface area contributed by atoms with Gasteiger partial charge in [-0.05, 0) is 32.6 Å². The molecule has 0 bridgehead atoms. The first-order valence-corrected chi connectivity index (χ1v) is 6.72. The van der Waals surface area contributed by atoms with Crippen LogP contribution in [0.4, 0.5) is 0 Å². The van der Waals surface area contributed by atoms with E-state index in [9.17, 15) is 4.79 Å². The third-order valence-corrected chi connectivity index (χ3v) is 4.22. The first kappa shape index (κ1) is 11.5. The van der Waals surface area contributed by atoms with Crippen LogP contribution in [-0.2, 0) is 14.3 Å². The fourth-order valence-corrected chi connectivity index (χ4v) is 2.79. The number of rotatable bonds is 4. The second kappa shape index (κ2) is 3.95. The largest absolute Gasteiger partial charge is 0.466 e. The van der Waals surface area contributed by atoms with Crippen LogP contribution in [-0.4, -0.2) is 49.3 Å². The first-order chi connectivity index (χ1) is 8.18. The summed E-state index contributed by atoms with van der Waals surface area (Å²) in [5, 5.41) is 0. The zero-order valence-electron chi connectivity index (χ0n) is 10.5. The second-order valence-corrected chi connectivity index (χ2v) is 5.74. The van der Waals surface area contributed by atoms with Gasteiger partial charge < -0.3 is 9.47 Å². The van der Waals surface area contributed by atoms with E-state index in [0.29, 0.717) is 6.61 Å². The summed E-state index contributed by atoms with van der Waals surface area (Å²) < 4.78 is 11.0. The molecule has 3 fully saturated rings. The molecule has 1 spiro atoms. The maximum absolute atomic E-state index is 11.9. The molecular weight excluding hydrogens is 218 g/mol. The SMILES string of the molecule is CCOC(=O)C1(CN2CCOC3(CC3)C2)CC1. The molecule has 3 aliphatic rings. The smallest absolute Gasteiger partial charge is 0.313 e. The molecule has 0 aromatic carbocycles. The molecule has 4 heteroatoms. The monoisotopic (exact) mass is 239 g/mol. The van der Waals surface area contributed by atoms with E-state index in [1.807, 2.05) is 6.92 Å². The Bertz CT molecular complexity index is 321. The number of carbonyl (C=O) groups is 1. The normalized spacial score (nSPS) is 29.0. The van der Waals surface area contributed by atoms with Crippen molar-refractivity contribution in [2.45, 2.75) is 38.2 Å².